The van der Waals surface area contributed by atoms with Crippen molar-refractivity contribution in [2.75, 3.05) is 0 Å². The molecule has 2 heteroatoms. The molecule has 1 fully saturated rings. The zero-order valence-corrected chi connectivity index (χ0v) is 6.77. The van der Waals surface area contributed by atoms with Gasteiger partial charge < -0.3 is 11.5 Å². The molecule has 1 aliphatic carbocycles. The van der Waals surface area contributed by atoms with Crippen LogP contribution in [0.4, 0.5) is 0 Å². The van der Waals surface area contributed by atoms with Gasteiger partial charge in [-0.15, -0.1) is 0 Å². The number of hydrogen-bond donors (Lipinski definition) is 2. The lowest BCUT2D eigenvalue weighted by molar-refractivity contribution is 0.226. The molecule has 0 aliphatic heterocycles. The maximum atomic E-state index is 5.82. The highest BCUT2D eigenvalue weighted by molar-refractivity contribution is 4.84. The van der Waals surface area contributed by atoms with E-state index in [0.717, 1.165) is 18.8 Å². The molecule has 0 aromatic heterocycles. The summed E-state index contributed by atoms with van der Waals surface area (Å²) in [6, 6.07) is 0. The van der Waals surface area contributed by atoms with Crippen LogP contribution in [0.5, 0.6) is 0 Å². The Morgan fingerprint density at radius 2 is 2.20 bits per heavy atom. The van der Waals surface area contributed by atoms with Gasteiger partial charge in [0.1, 0.15) is 0 Å². The quantitative estimate of drug-likeness (QED) is 0.540. The highest BCUT2D eigenvalue weighted by Crippen LogP contribution is 2.28. The van der Waals surface area contributed by atoms with E-state index in [1.54, 1.807) is 0 Å². The third kappa shape index (κ3) is 1.96. The molecule has 0 aromatic carbocycles. The lowest BCUT2D eigenvalue weighted by atomic mass is 9.81. The smallest absolute Gasteiger partial charge is 0.0639 e. The summed E-state index contributed by atoms with van der Waals surface area (Å²) in [5.41, 5.74) is 11.3. The highest BCUT2D eigenvalue weighted by atomic mass is 15.0. The van der Waals surface area contributed by atoms with Crippen molar-refractivity contribution in [2.45, 2.75) is 44.7 Å². The van der Waals surface area contributed by atoms with Crippen LogP contribution in [-0.4, -0.2) is 5.66 Å². The highest BCUT2D eigenvalue weighted by Gasteiger charge is 2.27. The van der Waals surface area contributed by atoms with E-state index in [9.17, 15) is 0 Å². The lowest BCUT2D eigenvalue weighted by Gasteiger charge is -2.34. The summed E-state index contributed by atoms with van der Waals surface area (Å²) in [6.45, 7) is 2.21. The minimum atomic E-state index is -0.348. The summed E-state index contributed by atoms with van der Waals surface area (Å²) >= 11 is 0. The van der Waals surface area contributed by atoms with Crippen molar-refractivity contribution < 1.29 is 0 Å². The van der Waals surface area contributed by atoms with Crippen molar-refractivity contribution in [3.8, 4) is 0 Å². The van der Waals surface area contributed by atoms with Crippen molar-refractivity contribution in [1.29, 1.82) is 0 Å². The largest absolute Gasteiger partial charge is 0.313 e. The summed E-state index contributed by atoms with van der Waals surface area (Å²) in [5.74, 6) is 0.781. The first-order valence-electron chi connectivity index (χ1n) is 4.22. The van der Waals surface area contributed by atoms with Crippen LogP contribution in [-0.2, 0) is 0 Å². The molecule has 0 heterocycles. The van der Waals surface area contributed by atoms with Gasteiger partial charge in [-0.05, 0) is 18.8 Å². The normalized spacial score (nSPS) is 32.1. The van der Waals surface area contributed by atoms with Gasteiger partial charge in [0.25, 0.3) is 0 Å². The molecule has 1 saturated carbocycles. The van der Waals surface area contributed by atoms with Crippen LogP contribution in [0.25, 0.3) is 0 Å². The Kier molecular flexibility index (Phi) is 2.32. The monoisotopic (exact) mass is 142 g/mol. The van der Waals surface area contributed by atoms with Gasteiger partial charge in [-0.1, -0.05) is 26.2 Å². The Morgan fingerprint density at radius 1 is 1.50 bits per heavy atom. The third-order valence-corrected chi connectivity index (χ3v) is 2.50. The molecular formula is C8H18N2. The maximum Gasteiger partial charge on any atom is 0.0639 e. The van der Waals surface area contributed by atoms with Gasteiger partial charge in [0.2, 0.25) is 0 Å². The van der Waals surface area contributed by atoms with Crippen LogP contribution >= 0.6 is 0 Å². The van der Waals surface area contributed by atoms with Gasteiger partial charge in [-0.25, -0.2) is 0 Å². The van der Waals surface area contributed by atoms with Crippen molar-refractivity contribution >= 4 is 0 Å². The number of rotatable bonds is 1. The molecule has 1 atom stereocenters. The zero-order valence-electron chi connectivity index (χ0n) is 6.77. The molecule has 0 radical (unpaired) electrons. The van der Waals surface area contributed by atoms with E-state index in [1.165, 1.54) is 19.3 Å². The van der Waals surface area contributed by atoms with Crippen molar-refractivity contribution in [3.63, 3.8) is 0 Å². The van der Waals surface area contributed by atoms with E-state index in [-0.39, 0.29) is 5.66 Å². The number of nitrogens with two attached hydrogens (primary N) is 2. The molecule has 1 unspecified atom stereocenters. The van der Waals surface area contributed by atoms with E-state index in [0.29, 0.717) is 0 Å². The van der Waals surface area contributed by atoms with Gasteiger partial charge in [0.05, 0.1) is 5.66 Å². The second kappa shape index (κ2) is 2.89. The van der Waals surface area contributed by atoms with E-state index in [2.05, 4.69) is 6.92 Å². The maximum absolute atomic E-state index is 5.82. The Labute approximate surface area is 63.0 Å². The molecule has 2 nitrogen and oxygen atoms in total. The topological polar surface area (TPSA) is 52.0 Å². The predicted molar refractivity (Wildman–Crippen MR) is 43.4 cm³/mol. The van der Waals surface area contributed by atoms with Crippen LogP contribution in [0.15, 0.2) is 0 Å². The second-order valence-electron chi connectivity index (χ2n) is 3.60. The third-order valence-electron chi connectivity index (χ3n) is 2.50. The van der Waals surface area contributed by atoms with Crippen molar-refractivity contribution in [1.82, 2.24) is 0 Å². The van der Waals surface area contributed by atoms with Crippen molar-refractivity contribution in [2.24, 2.45) is 17.4 Å². The Hall–Kier alpha value is -0.0800. The fraction of sp³-hybridized carbons (Fsp3) is 1.00. The number of hydrogen-bond acceptors (Lipinski definition) is 2. The minimum Gasteiger partial charge on any atom is -0.313 e. The molecule has 0 amide bonds. The molecule has 1 rings (SSSR count). The first-order chi connectivity index (χ1) is 4.64. The average molecular weight is 142 g/mol. The van der Waals surface area contributed by atoms with E-state index >= 15 is 0 Å². The molecule has 0 spiro atoms. The van der Waals surface area contributed by atoms with E-state index in [1.807, 2.05) is 0 Å². The van der Waals surface area contributed by atoms with Crippen LogP contribution in [0.1, 0.15) is 39.0 Å². The summed E-state index contributed by atoms with van der Waals surface area (Å²) in [4.78, 5) is 0. The van der Waals surface area contributed by atoms with E-state index < -0.39 is 0 Å². The minimum absolute atomic E-state index is 0.348. The molecule has 10 heavy (non-hydrogen) atoms. The summed E-state index contributed by atoms with van der Waals surface area (Å²) in [7, 11) is 0. The Bertz CT molecular complexity index is 110. The Balaban J connectivity index is 2.40. The summed E-state index contributed by atoms with van der Waals surface area (Å²) in [5, 5.41) is 0. The van der Waals surface area contributed by atoms with Crippen molar-refractivity contribution in [3.05, 3.63) is 0 Å². The average Bonchev–Trinajstić information content (AvgIpc) is 1.86. The first kappa shape index (κ1) is 8.02. The Morgan fingerprint density at radius 3 is 2.60 bits per heavy atom. The van der Waals surface area contributed by atoms with Gasteiger partial charge in [0.15, 0.2) is 0 Å². The fourth-order valence-corrected chi connectivity index (χ4v) is 1.81. The zero-order chi connectivity index (χ0) is 7.61. The van der Waals surface area contributed by atoms with Crippen LogP contribution in [0.2, 0.25) is 0 Å². The van der Waals surface area contributed by atoms with Crippen LogP contribution in [0.3, 0.4) is 0 Å². The predicted octanol–water partition coefficient (Wildman–Crippen LogP) is 1.20. The van der Waals surface area contributed by atoms with Gasteiger partial charge in [0, 0.05) is 0 Å². The fourth-order valence-electron chi connectivity index (χ4n) is 1.81. The second-order valence-corrected chi connectivity index (χ2v) is 3.60. The SMILES string of the molecule is CCC1CCCC(N)(N)C1. The lowest BCUT2D eigenvalue weighted by Crippen LogP contribution is -2.52. The van der Waals surface area contributed by atoms with Gasteiger partial charge >= 0.3 is 0 Å². The molecule has 0 saturated heterocycles. The summed E-state index contributed by atoms with van der Waals surface area (Å²) < 4.78 is 0. The summed E-state index contributed by atoms with van der Waals surface area (Å²) in [6.07, 6.45) is 5.79. The molecular weight excluding hydrogens is 124 g/mol. The molecule has 4 N–H and O–H groups in total. The van der Waals surface area contributed by atoms with Crippen LogP contribution in [0, 0.1) is 5.92 Å². The molecule has 60 valence electrons. The van der Waals surface area contributed by atoms with Gasteiger partial charge in [-0.2, -0.15) is 0 Å². The van der Waals surface area contributed by atoms with Gasteiger partial charge in [-0.3, -0.25) is 0 Å². The molecule has 0 bridgehead atoms. The standard InChI is InChI=1S/C8H18N2/c1-2-7-4-3-5-8(9,10)6-7/h7H,2-6,9-10H2,1H3. The first-order valence-corrected chi connectivity index (χ1v) is 4.22. The van der Waals surface area contributed by atoms with Crippen LogP contribution < -0.4 is 11.5 Å². The molecule has 0 aromatic rings. The van der Waals surface area contributed by atoms with E-state index in [4.69, 9.17) is 11.5 Å². The molecule has 1 aliphatic rings.